The number of para-hydroxylation sites is 1. The normalized spacial score (nSPS) is 17.5. The molecule has 0 aliphatic carbocycles. The molecule has 3 rings (SSSR count). The second-order valence-electron chi connectivity index (χ2n) is 6.05. The molecule has 2 heterocycles. The highest BCUT2D eigenvalue weighted by Crippen LogP contribution is 2.38. The summed E-state index contributed by atoms with van der Waals surface area (Å²) >= 11 is 1.78. The molecule has 1 atom stereocenters. The van der Waals surface area contributed by atoms with Crippen LogP contribution in [0.1, 0.15) is 48.4 Å². The highest BCUT2D eigenvalue weighted by molar-refractivity contribution is 7.09. The van der Waals surface area contributed by atoms with E-state index in [1.807, 2.05) is 0 Å². The minimum absolute atomic E-state index is 0.514. The molecule has 2 N–H and O–H groups in total. The summed E-state index contributed by atoms with van der Waals surface area (Å²) in [6.07, 6.45) is 1.06. The van der Waals surface area contributed by atoms with Gasteiger partial charge in [0, 0.05) is 29.4 Å². The first kappa shape index (κ1) is 14.5. The maximum absolute atomic E-state index is 5.77. The molecule has 1 aromatic carbocycles. The Hall–Kier alpha value is -1.39. The fraction of sp³-hybridized carbons (Fsp3) is 0.471. The number of benzene rings is 1. The van der Waals surface area contributed by atoms with E-state index in [-0.39, 0.29) is 0 Å². The average Bonchev–Trinajstić information content (AvgIpc) is 3.07. The van der Waals surface area contributed by atoms with Crippen molar-refractivity contribution in [3.8, 4) is 0 Å². The molecule has 0 amide bonds. The van der Waals surface area contributed by atoms with Crippen molar-refractivity contribution in [3.05, 3.63) is 45.9 Å². The molecule has 0 saturated heterocycles. The van der Waals surface area contributed by atoms with E-state index >= 15 is 0 Å². The number of thiazole rings is 1. The van der Waals surface area contributed by atoms with Crippen LogP contribution in [0.3, 0.4) is 0 Å². The van der Waals surface area contributed by atoms with Crippen molar-refractivity contribution in [1.29, 1.82) is 0 Å². The van der Waals surface area contributed by atoms with Crippen LogP contribution in [0.2, 0.25) is 0 Å². The standard InChI is InChI=1S/C17H23N3S/c1-12(2)17-19-14(11-21-17)10-20-9-13(7-8-18)15-5-3-4-6-16(15)20/h3-6,11-13H,7-10,18H2,1-2H3. The summed E-state index contributed by atoms with van der Waals surface area (Å²) in [6.45, 7) is 7.11. The Morgan fingerprint density at radius 3 is 2.90 bits per heavy atom. The van der Waals surface area contributed by atoms with Crippen LogP contribution in [0, 0.1) is 0 Å². The first-order valence-electron chi connectivity index (χ1n) is 7.67. The van der Waals surface area contributed by atoms with E-state index in [0.29, 0.717) is 11.8 Å². The number of rotatable bonds is 5. The minimum atomic E-state index is 0.514. The Balaban J connectivity index is 1.79. The maximum Gasteiger partial charge on any atom is 0.0954 e. The van der Waals surface area contributed by atoms with E-state index in [9.17, 15) is 0 Å². The Morgan fingerprint density at radius 1 is 1.38 bits per heavy atom. The van der Waals surface area contributed by atoms with Gasteiger partial charge in [-0.1, -0.05) is 32.0 Å². The predicted octanol–water partition coefficient (Wildman–Crippen LogP) is 3.72. The summed E-state index contributed by atoms with van der Waals surface area (Å²) in [5.74, 6) is 1.08. The summed E-state index contributed by atoms with van der Waals surface area (Å²) in [5, 5.41) is 3.43. The van der Waals surface area contributed by atoms with Crippen LogP contribution in [0.4, 0.5) is 5.69 Å². The largest absolute Gasteiger partial charge is 0.365 e. The van der Waals surface area contributed by atoms with Gasteiger partial charge in [0.05, 0.1) is 17.2 Å². The molecule has 1 aliphatic rings. The number of hydrogen-bond acceptors (Lipinski definition) is 4. The molecule has 1 aromatic heterocycles. The summed E-state index contributed by atoms with van der Waals surface area (Å²) < 4.78 is 0. The highest BCUT2D eigenvalue weighted by atomic mass is 32.1. The van der Waals surface area contributed by atoms with Gasteiger partial charge in [0.15, 0.2) is 0 Å². The molecule has 21 heavy (non-hydrogen) atoms. The van der Waals surface area contributed by atoms with E-state index < -0.39 is 0 Å². The summed E-state index contributed by atoms with van der Waals surface area (Å²) in [5.41, 5.74) is 9.76. The minimum Gasteiger partial charge on any atom is -0.365 e. The quantitative estimate of drug-likeness (QED) is 0.915. The molecule has 2 aromatic rings. The molecule has 0 saturated carbocycles. The zero-order valence-corrected chi connectivity index (χ0v) is 13.6. The topological polar surface area (TPSA) is 42.2 Å². The third-order valence-electron chi connectivity index (χ3n) is 4.09. The van der Waals surface area contributed by atoms with Gasteiger partial charge in [-0.3, -0.25) is 0 Å². The number of fused-ring (bicyclic) bond motifs is 1. The average molecular weight is 301 g/mol. The summed E-state index contributed by atoms with van der Waals surface area (Å²) in [6, 6.07) is 8.72. The van der Waals surface area contributed by atoms with Crippen molar-refractivity contribution in [3.63, 3.8) is 0 Å². The van der Waals surface area contributed by atoms with Crippen LogP contribution in [-0.2, 0) is 6.54 Å². The molecule has 1 unspecified atom stereocenters. The first-order valence-corrected chi connectivity index (χ1v) is 8.55. The van der Waals surface area contributed by atoms with Gasteiger partial charge in [-0.25, -0.2) is 4.98 Å². The van der Waals surface area contributed by atoms with Gasteiger partial charge < -0.3 is 10.6 Å². The van der Waals surface area contributed by atoms with Crippen molar-refractivity contribution >= 4 is 17.0 Å². The fourth-order valence-electron chi connectivity index (χ4n) is 3.04. The lowest BCUT2D eigenvalue weighted by atomic mass is 9.98. The maximum atomic E-state index is 5.77. The van der Waals surface area contributed by atoms with Crippen molar-refractivity contribution in [2.45, 2.75) is 38.6 Å². The molecule has 0 spiro atoms. The van der Waals surface area contributed by atoms with Crippen molar-refractivity contribution < 1.29 is 0 Å². The van der Waals surface area contributed by atoms with E-state index in [0.717, 1.165) is 26.1 Å². The molecular formula is C17H23N3S. The third-order valence-corrected chi connectivity index (χ3v) is 5.28. The lowest BCUT2D eigenvalue weighted by Gasteiger charge is -2.18. The van der Waals surface area contributed by atoms with E-state index in [1.165, 1.54) is 22.0 Å². The monoisotopic (exact) mass is 301 g/mol. The second-order valence-corrected chi connectivity index (χ2v) is 6.94. The fourth-order valence-corrected chi connectivity index (χ4v) is 3.86. The number of hydrogen-bond donors (Lipinski definition) is 1. The molecule has 1 aliphatic heterocycles. The zero-order chi connectivity index (χ0) is 14.8. The predicted molar refractivity (Wildman–Crippen MR) is 90.1 cm³/mol. The molecular weight excluding hydrogens is 278 g/mol. The van der Waals surface area contributed by atoms with Gasteiger partial charge in [0.1, 0.15) is 0 Å². The molecule has 0 radical (unpaired) electrons. The van der Waals surface area contributed by atoms with E-state index in [2.05, 4.69) is 48.4 Å². The van der Waals surface area contributed by atoms with E-state index in [4.69, 9.17) is 10.7 Å². The SMILES string of the molecule is CC(C)c1nc(CN2CC(CCN)c3ccccc32)cs1. The Labute approximate surface area is 130 Å². The van der Waals surface area contributed by atoms with Gasteiger partial charge in [0.25, 0.3) is 0 Å². The highest BCUT2D eigenvalue weighted by Gasteiger charge is 2.27. The van der Waals surface area contributed by atoms with Crippen molar-refractivity contribution in [1.82, 2.24) is 4.98 Å². The van der Waals surface area contributed by atoms with Crippen LogP contribution in [0.25, 0.3) is 0 Å². The molecule has 0 bridgehead atoms. The number of aromatic nitrogens is 1. The summed E-state index contributed by atoms with van der Waals surface area (Å²) in [4.78, 5) is 7.22. The number of nitrogens with two attached hydrogens (primary N) is 1. The van der Waals surface area contributed by atoms with E-state index in [1.54, 1.807) is 11.3 Å². The Morgan fingerprint density at radius 2 is 2.19 bits per heavy atom. The van der Waals surface area contributed by atoms with Crippen LogP contribution >= 0.6 is 11.3 Å². The molecule has 3 nitrogen and oxygen atoms in total. The molecule has 112 valence electrons. The van der Waals surface area contributed by atoms with Gasteiger partial charge in [-0.15, -0.1) is 11.3 Å². The second kappa shape index (κ2) is 6.16. The first-order chi connectivity index (χ1) is 10.2. The summed E-state index contributed by atoms with van der Waals surface area (Å²) in [7, 11) is 0. The van der Waals surface area contributed by atoms with Crippen LogP contribution in [0.15, 0.2) is 29.6 Å². The third kappa shape index (κ3) is 2.97. The van der Waals surface area contributed by atoms with Gasteiger partial charge in [-0.05, 0) is 24.6 Å². The van der Waals surface area contributed by atoms with Gasteiger partial charge in [-0.2, -0.15) is 0 Å². The lowest BCUT2D eigenvalue weighted by Crippen LogP contribution is -2.22. The Bertz CT molecular complexity index is 606. The number of nitrogens with zero attached hydrogens (tertiary/aromatic N) is 2. The van der Waals surface area contributed by atoms with Crippen molar-refractivity contribution in [2.24, 2.45) is 5.73 Å². The molecule has 4 heteroatoms. The Kier molecular flexibility index (Phi) is 4.27. The lowest BCUT2D eigenvalue weighted by molar-refractivity contribution is 0.641. The molecule has 0 fully saturated rings. The van der Waals surface area contributed by atoms with Crippen LogP contribution in [-0.4, -0.2) is 18.1 Å². The van der Waals surface area contributed by atoms with Gasteiger partial charge in [0.2, 0.25) is 0 Å². The number of anilines is 1. The van der Waals surface area contributed by atoms with Gasteiger partial charge >= 0.3 is 0 Å². The zero-order valence-electron chi connectivity index (χ0n) is 12.7. The van der Waals surface area contributed by atoms with Crippen LogP contribution in [0.5, 0.6) is 0 Å². The van der Waals surface area contributed by atoms with Crippen LogP contribution < -0.4 is 10.6 Å². The van der Waals surface area contributed by atoms with Crippen molar-refractivity contribution in [2.75, 3.05) is 18.0 Å². The smallest absolute Gasteiger partial charge is 0.0954 e.